The maximum Gasteiger partial charge on any atom is 0.143 e. The minimum Gasteiger partial charge on any atom is -0.455 e. The van der Waals surface area contributed by atoms with Crippen molar-refractivity contribution in [3.05, 3.63) is 182 Å². The first kappa shape index (κ1) is 28.0. The molecule has 0 spiro atoms. The first-order chi connectivity index (χ1) is 25.3. The number of benzene rings is 8. The summed E-state index contributed by atoms with van der Waals surface area (Å²) in [7, 11) is 0. The van der Waals surface area contributed by atoms with Crippen LogP contribution in [-0.4, -0.2) is 9.13 Å². The van der Waals surface area contributed by atoms with Crippen LogP contribution in [0.25, 0.3) is 99.2 Å². The smallest absolute Gasteiger partial charge is 0.143 e. The quantitative estimate of drug-likeness (QED) is 0.186. The Labute approximate surface area is 293 Å². The van der Waals surface area contributed by atoms with Gasteiger partial charge in [0.1, 0.15) is 11.2 Å². The summed E-state index contributed by atoms with van der Waals surface area (Å²) in [6.07, 6.45) is 0. The normalized spacial score (nSPS) is 11.9. The van der Waals surface area contributed by atoms with Crippen LogP contribution < -0.4 is 0 Å². The molecule has 0 saturated heterocycles. The van der Waals surface area contributed by atoms with E-state index < -0.39 is 0 Å². The van der Waals surface area contributed by atoms with E-state index in [0.29, 0.717) is 0 Å². The Balaban J connectivity index is 1.19. The standard InChI is InChI=1S/C48H30N2O/c1-3-14-31(15-4-1)35-22-12-24-39-40-25-13-23-36(48(40)51-47(35)39)32-16-11-19-34(30-32)50-42-26-9-7-20-37(42)38-28-29-44-45(46(38)50)41-21-8-10-27-43(41)49(44)33-17-5-2-6-18-33/h1-30H. The van der Waals surface area contributed by atoms with Gasteiger partial charge in [0.2, 0.25) is 0 Å². The molecular weight excluding hydrogens is 621 g/mol. The van der Waals surface area contributed by atoms with Crippen molar-refractivity contribution in [2.45, 2.75) is 0 Å². The average molecular weight is 651 g/mol. The highest BCUT2D eigenvalue weighted by atomic mass is 16.3. The maximum absolute atomic E-state index is 6.84. The molecule has 0 fully saturated rings. The van der Waals surface area contributed by atoms with Crippen LogP contribution in [-0.2, 0) is 0 Å². The Hall–Kier alpha value is -6.84. The molecule has 0 unspecified atom stereocenters. The number of aromatic nitrogens is 2. The van der Waals surface area contributed by atoms with E-state index in [9.17, 15) is 0 Å². The van der Waals surface area contributed by atoms with Gasteiger partial charge in [-0.1, -0.05) is 140 Å². The molecule has 3 heteroatoms. The van der Waals surface area contributed by atoms with Gasteiger partial charge in [0.25, 0.3) is 0 Å². The molecule has 11 rings (SSSR count). The fourth-order valence-electron chi connectivity index (χ4n) is 8.34. The lowest BCUT2D eigenvalue weighted by atomic mass is 10.00. The summed E-state index contributed by atoms with van der Waals surface area (Å²) in [6, 6.07) is 65.3. The van der Waals surface area contributed by atoms with Crippen LogP contribution in [0.2, 0.25) is 0 Å². The monoisotopic (exact) mass is 650 g/mol. The molecule has 0 N–H and O–H groups in total. The third-order valence-corrected chi connectivity index (χ3v) is 10.5. The second kappa shape index (κ2) is 10.8. The van der Waals surface area contributed by atoms with Crippen molar-refractivity contribution in [2.75, 3.05) is 0 Å². The average Bonchev–Trinajstić information content (AvgIpc) is 3.86. The summed E-state index contributed by atoms with van der Waals surface area (Å²) in [4.78, 5) is 0. The zero-order valence-corrected chi connectivity index (χ0v) is 27.6. The van der Waals surface area contributed by atoms with Crippen molar-refractivity contribution < 1.29 is 4.42 Å². The summed E-state index contributed by atoms with van der Waals surface area (Å²) in [5.41, 5.74) is 13.3. The van der Waals surface area contributed by atoms with Crippen molar-refractivity contribution in [2.24, 2.45) is 0 Å². The Morgan fingerprint density at radius 1 is 0.333 bits per heavy atom. The van der Waals surface area contributed by atoms with E-state index in [2.05, 4.69) is 191 Å². The molecule has 3 nitrogen and oxygen atoms in total. The predicted octanol–water partition coefficient (Wildman–Crippen LogP) is 13.1. The molecule has 3 heterocycles. The minimum atomic E-state index is 0.906. The van der Waals surface area contributed by atoms with Gasteiger partial charge in [0.05, 0.1) is 22.1 Å². The maximum atomic E-state index is 6.84. The van der Waals surface area contributed by atoms with Gasteiger partial charge in [-0.15, -0.1) is 0 Å². The van der Waals surface area contributed by atoms with Gasteiger partial charge in [-0.2, -0.15) is 0 Å². The van der Waals surface area contributed by atoms with Crippen molar-refractivity contribution in [3.63, 3.8) is 0 Å². The van der Waals surface area contributed by atoms with Gasteiger partial charge in [-0.25, -0.2) is 0 Å². The van der Waals surface area contributed by atoms with Gasteiger partial charge in [-0.05, 0) is 53.6 Å². The van der Waals surface area contributed by atoms with E-state index in [1.54, 1.807) is 0 Å². The third kappa shape index (κ3) is 4.06. The molecule has 0 atom stereocenters. The number of para-hydroxylation sites is 5. The lowest BCUT2D eigenvalue weighted by Crippen LogP contribution is -1.96. The number of rotatable bonds is 4. The molecule has 0 aliphatic carbocycles. The molecule has 0 bridgehead atoms. The topological polar surface area (TPSA) is 23.0 Å². The number of nitrogens with zero attached hydrogens (tertiary/aromatic N) is 2. The predicted molar refractivity (Wildman–Crippen MR) is 213 cm³/mol. The molecule has 238 valence electrons. The Kier molecular flexibility index (Phi) is 5.96. The van der Waals surface area contributed by atoms with E-state index in [0.717, 1.165) is 55.6 Å². The Bertz CT molecular complexity index is 3130. The Morgan fingerprint density at radius 2 is 0.882 bits per heavy atom. The van der Waals surface area contributed by atoms with Crippen molar-refractivity contribution in [1.29, 1.82) is 0 Å². The molecular formula is C48H30N2O. The fourth-order valence-corrected chi connectivity index (χ4v) is 8.34. The number of fused-ring (bicyclic) bond motifs is 10. The van der Waals surface area contributed by atoms with E-state index in [-0.39, 0.29) is 0 Å². The van der Waals surface area contributed by atoms with Crippen LogP contribution in [0.3, 0.4) is 0 Å². The molecule has 0 saturated carbocycles. The molecule has 11 aromatic rings. The van der Waals surface area contributed by atoms with Crippen LogP contribution in [0.5, 0.6) is 0 Å². The van der Waals surface area contributed by atoms with Crippen LogP contribution in [0, 0.1) is 0 Å². The summed E-state index contributed by atoms with van der Waals surface area (Å²) < 4.78 is 11.7. The van der Waals surface area contributed by atoms with Crippen molar-refractivity contribution >= 4 is 65.6 Å². The molecule has 0 amide bonds. The minimum absolute atomic E-state index is 0.906. The van der Waals surface area contributed by atoms with E-state index in [1.165, 1.54) is 43.6 Å². The van der Waals surface area contributed by atoms with Crippen LogP contribution in [0.1, 0.15) is 0 Å². The summed E-state index contributed by atoms with van der Waals surface area (Å²) >= 11 is 0. The van der Waals surface area contributed by atoms with Crippen LogP contribution in [0.4, 0.5) is 0 Å². The van der Waals surface area contributed by atoms with Crippen LogP contribution >= 0.6 is 0 Å². The number of hydrogen-bond acceptors (Lipinski definition) is 1. The van der Waals surface area contributed by atoms with Crippen molar-refractivity contribution in [1.82, 2.24) is 9.13 Å². The number of furan rings is 1. The first-order valence-corrected chi connectivity index (χ1v) is 17.4. The first-order valence-electron chi connectivity index (χ1n) is 17.4. The molecule has 0 aliphatic rings. The second-order valence-electron chi connectivity index (χ2n) is 13.3. The molecule has 3 aromatic heterocycles. The SMILES string of the molecule is c1ccc(-c2cccc3c2oc2c(-c4cccc(-n5c6ccccc6c6ccc7c(c8ccccc8n7-c7ccccc7)c65)c4)cccc23)cc1. The zero-order chi connectivity index (χ0) is 33.5. The highest BCUT2D eigenvalue weighted by Gasteiger charge is 2.21. The molecule has 0 radical (unpaired) electrons. The van der Waals surface area contributed by atoms with Gasteiger partial charge in [0, 0.05) is 54.8 Å². The lowest BCUT2D eigenvalue weighted by molar-refractivity contribution is 0.671. The van der Waals surface area contributed by atoms with E-state index >= 15 is 0 Å². The molecule has 0 aliphatic heterocycles. The van der Waals surface area contributed by atoms with Gasteiger partial charge in [-0.3, -0.25) is 0 Å². The highest BCUT2D eigenvalue weighted by molar-refractivity contribution is 6.26. The molecule has 51 heavy (non-hydrogen) atoms. The highest BCUT2D eigenvalue weighted by Crippen LogP contribution is 2.44. The van der Waals surface area contributed by atoms with E-state index in [1.807, 2.05) is 0 Å². The summed E-state index contributed by atoms with van der Waals surface area (Å²) in [5, 5.41) is 7.23. The van der Waals surface area contributed by atoms with Gasteiger partial charge < -0.3 is 13.6 Å². The lowest BCUT2D eigenvalue weighted by Gasteiger charge is -2.12. The Morgan fingerprint density at radius 3 is 1.63 bits per heavy atom. The zero-order valence-electron chi connectivity index (χ0n) is 27.6. The largest absolute Gasteiger partial charge is 0.455 e. The third-order valence-electron chi connectivity index (χ3n) is 10.5. The summed E-state index contributed by atoms with van der Waals surface area (Å²) in [6.45, 7) is 0. The van der Waals surface area contributed by atoms with Crippen LogP contribution in [0.15, 0.2) is 186 Å². The van der Waals surface area contributed by atoms with Gasteiger partial charge in [0.15, 0.2) is 0 Å². The fraction of sp³-hybridized carbons (Fsp3) is 0. The summed E-state index contributed by atoms with van der Waals surface area (Å²) in [5.74, 6) is 0. The number of hydrogen-bond donors (Lipinski definition) is 0. The van der Waals surface area contributed by atoms with E-state index in [4.69, 9.17) is 4.42 Å². The van der Waals surface area contributed by atoms with Crippen molar-refractivity contribution in [3.8, 4) is 33.6 Å². The van der Waals surface area contributed by atoms with Gasteiger partial charge >= 0.3 is 0 Å². The second-order valence-corrected chi connectivity index (χ2v) is 13.3. The molecule has 8 aromatic carbocycles.